The fourth-order valence-corrected chi connectivity index (χ4v) is 2.35. The first-order valence-corrected chi connectivity index (χ1v) is 7.41. The summed E-state index contributed by atoms with van der Waals surface area (Å²) in [7, 11) is 0. The molecule has 1 aromatic heterocycles. The van der Waals surface area contributed by atoms with Crippen molar-refractivity contribution in [2.24, 2.45) is 0 Å². The van der Waals surface area contributed by atoms with Gasteiger partial charge in [0.2, 0.25) is 0 Å². The zero-order valence-corrected chi connectivity index (χ0v) is 13.8. The molecular weight excluding hydrogens is 321 g/mol. The molecular formula is C19H16FN3O2. The van der Waals surface area contributed by atoms with E-state index in [9.17, 15) is 4.39 Å². The summed E-state index contributed by atoms with van der Waals surface area (Å²) >= 11 is 0. The fourth-order valence-electron chi connectivity index (χ4n) is 2.35. The quantitative estimate of drug-likeness (QED) is 0.720. The third-order valence-electron chi connectivity index (χ3n) is 3.50. The molecule has 3 aromatic rings. The minimum absolute atomic E-state index is 0.0434. The van der Waals surface area contributed by atoms with Crippen molar-refractivity contribution in [2.45, 2.75) is 13.8 Å². The lowest BCUT2D eigenvalue weighted by Crippen LogP contribution is -1.99. The van der Waals surface area contributed by atoms with Crippen LogP contribution in [0.2, 0.25) is 0 Å². The number of carbonyl (C=O) groups is 1. The fraction of sp³-hybridized carbons (Fsp3) is 0.105. The summed E-state index contributed by atoms with van der Waals surface area (Å²) in [5.74, 6) is -0.519. The molecule has 0 saturated carbocycles. The molecule has 0 atom stereocenters. The average molecular weight is 337 g/mol. The number of aromatic nitrogens is 2. The van der Waals surface area contributed by atoms with Crippen molar-refractivity contribution in [2.75, 3.05) is 0 Å². The molecule has 0 amide bonds. The summed E-state index contributed by atoms with van der Waals surface area (Å²) in [5.41, 5.74) is 4.46. The highest BCUT2D eigenvalue weighted by atomic mass is 19.1. The zero-order chi connectivity index (χ0) is 18.4. The van der Waals surface area contributed by atoms with Gasteiger partial charge in [0.15, 0.2) is 0 Å². The van der Waals surface area contributed by atoms with Gasteiger partial charge in [-0.05, 0) is 44.2 Å². The van der Waals surface area contributed by atoms with E-state index in [-0.39, 0.29) is 12.0 Å². The normalized spacial score (nSPS) is 9.68. The van der Waals surface area contributed by atoms with Crippen LogP contribution in [0.1, 0.15) is 16.8 Å². The van der Waals surface area contributed by atoms with Crippen LogP contribution in [0.3, 0.4) is 0 Å². The Morgan fingerprint density at radius 2 is 1.80 bits per heavy atom. The minimum Gasteiger partial charge on any atom is -0.483 e. The molecule has 0 spiro atoms. The Labute approximate surface area is 144 Å². The van der Waals surface area contributed by atoms with Crippen molar-refractivity contribution >= 4 is 6.47 Å². The lowest BCUT2D eigenvalue weighted by atomic mass is 10.1. The minimum atomic E-state index is -0.519. The van der Waals surface area contributed by atoms with E-state index in [2.05, 4.69) is 5.10 Å². The van der Waals surface area contributed by atoms with Gasteiger partial charge in [0, 0.05) is 5.56 Å². The maximum Gasteiger partial charge on any atom is 0.290 e. The summed E-state index contributed by atoms with van der Waals surface area (Å²) in [6.07, 6.45) is 0. The summed E-state index contributed by atoms with van der Waals surface area (Å²) in [4.78, 5) is 8.36. The van der Waals surface area contributed by atoms with Crippen molar-refractivity contribution in [3.8, 4) is 23.0 Å². The second-order valence-corrected chi connectivity index (χ2v) is 5.33. The maximum atomic E-state index is 13.9. The van der Waals surface area contributed by atoms with E-state index in [1.807, 2.05) is 50.2 Å². The third kappa shape index (κ3) is 4.09. The molecule has 0 bridgehead atoms. The molecule has 0 fully saturated rings. The van der Waals surface area contributed by atoms with Gasteiger partial charge in [0.25, 0.3) is 6.47 Å². The van der Waals surface area contributed by atoms with E-state index < -0.39 is 5.82 Å². The van der Waals surface area contributed by atoms with Crippen LogP contribution in [-0.4, -0.2) is 21.4 Å². The number of hydrogen-bond acceptors (Lipinski definition) is 3. The highest BCUT2D eigenvalue weighted by Gasteiger charge is 2.12. The predicted molar refractivity (Wildman–Crippen MR) is 91.8 cm³/mol. The Kier molecular flexibility index (Phi) is 5.64. The van der Waals surface area contributed by atoms with Crippen molar-refractivity contribution in [1.29, 1.82) is 5.26 Å². The lowest BCUT2D eigenvalue weighted by molar-refractivity contribution is -0.122. The van der Waals surface area contributed by atoms with Crippen LogP contribution in [0, 0.1) is 31.0 Å². The number of carboxylic acid groups (broad SMARTS) is 1. The molecule has 0 aliphatic rings. The Morgan fingerprint density at radius 1 is 1.16 bits per heavy atom. The molecule has 0 aliphatic heterocycles. The molecule has 0 saturated heterocycles. The monoisotopic (exact) mass is 337 g/mol. The van der Waals surface area contributed by atoms with Gasteiger partial charge < -0.3 is 5.11 Å². The number of rotatable bonds is 2. The second-order valence-electron chi connectivity index (χ2n) is 5.33. The molecule has 1 heterocycles. The SMILES string of the molecule is Cc1ccc(-n2nc(C)cc2-c2ccc(C#N)c(F)c2)cc1.O=CO. The van der Waals surface area contributed by atoms with E-state index in [4.69, 9.17) is 15.2 Å². The second kappa shape index (κ2) is 7.88. The van der Waals surface area contributed by atoms with Gasteiger partial charge in [0.1, 0.15) is 11.9 Å². The Balaban J connectivity index is 0.000000701. The van der Waals surface area contributed by atoms with E-state index in [0.717, 1.165) is 17.1 Å². The van der Waals surface area contributed by atoms with Gasteiger partial charge in [-0.2, -0.15) is 10.4 Å². The first-order valence-electron chi connectivity index (χ1n) is 7.41. The molecule has 0 unspecified atom stereocenters. The molecule has 2 aromatic carbocycles. The Hall–Kier alpha value is -3.46. The zero-order valence-electron chi connectivity index (χ0n) is 13.8. The summed E-state index contributed by atoms with van der Waals surface area (Å²) in [6.45, 7) is 3.67. The summed E-state index contributed by atoms with van der Waals surface area (Å²) in [5, 5.41) is 20.2. The van der Waals surface area contributed by atoms with Crippen molar-refractivity contribution in [3.63, 3.8) is 0 Å². The summed E-state index contributed by atoms with van der Waals surface area (Å²) in [6, 6.07) is 16.3. The van der Waals surface area contributed by atoms with Gasteiger partial charge in [-0.15, -0.1) is 0 Å². The van der Waals surface area contributed by atoms with Crippen molar-refractivity contribution in [1.82, 2.24) is 9.78 Å². The Morgan fingerprint density at radius 3 is 2.36 bits per heavy atom. The maximum absolute atomic E-state index is 13.9. The van der Waals surface area contributed by atoms with E-state index in [1.54, 1.807) is 10.7 Å². The number of halogens is 1. The molecule has 6 heteroatoms. The predicted octanol–water partition coefficient (Wildman–Crippen LogP) is 3.87. The molecule has 126 valence electrons. The highest BCUT2D eigenvalue weighted by Crippen LogP contribution is 2.25. The van der Waals surface area contributed by atoms with Crippen LogP contribution in [0.15, 0.2) is 48.5 Å². The molecule has 3 rings (SSSR count). The molecule has 1 N–H and O–H groups in total. The first-order chi connectivity index (χ1) is 12.0. The molecule has 0 aliphatic carbocycles. The van der Waals surface area contributed by atoms with Gasteiger partial charge >= 0.3 is 0 Å². The number of hydrogen-bond donors (Lipinski definition) is 1. The van der Waals surface area contributed by atoms with Gasteiger partial charge in [-0.3, -0.25) is 4.79 Å². The number of aryl methyl sites for hydroxylation is 2. The van der Waals surface area contributed by atoms with Crippen molar-refractivity contribution < 1.29 is 14.3 Å². The topological polar surface area (TPSA) is 78.9 Å². The van der Waals surface area contributed by atoms with Crippen molar-refractivity contribution in [3.05, 3.63) is 71.2 Å². The molecule has 0 radical (unpaired) electrons. The van der Waals surface area contributed by atoms with Crippen LogP contribution in [0.5, 0.6) is 0 Å². The van der Waals surface area contributed by atoms with Crippen LogP contribution < -0.4 is 0 Å². The molecule has 5 nitrogen and oxygen atoms in total. The number of nitrogens with zero attached hydrogens (tertiary/aromatic N) is 3. The average Bonchev–Trinajstić information content (AvgIpc) is 2.98. The standard InChI is InChI=1S/C18H14FN3.CH2O2/c1-12-3-7-16(8-4-12)22-18(9-13(2)21-22)14-5-6-15(11-20)17(19)10-14;2-1-3/h3-10H,1-2H3;1H,(H,2,3). The summed E-state index contributed by atoms with van der Waals surface area (Å²) < 4.78 is 15.7. The lowest BCUT2D eigenvalue weighted by Gasteiger charge is -2.08. The Bertz CT molecular complexity index is 925. The first kappa shape index (κ1) is 17.9. The van der Waals surface area contributed by atoms with E-state index in [0.29, 0.717) is 5.56 Å². The largest absolute Gasteiger partial charge is 0.483 e. The van der Waals surface area contributed by atoms with E-state index in [1.165, 1.54) is 17.7 Å². The van der Waals surface area contributed by atoms with Crippen LogP contribution >= 0.6 is 0 Å². The van der Waals surface area contributed by atoms with Crippen LogP contribution in [0.4, 0.5) is 4.39 Å². The molecule has 25 heavy (non-hydrogen) atoms. The number of nitriles is 1. The third-order valence-corrected chi connectivity index (χ3v) is 3.50. The smallest absolute Gasteiger partial charge is 0.290 e. The van der Waals surface area contributed by atoms with E-state index >= 15 is 0 Å². The van der Waals surface area contributed by atoms with Gasteiger partial charge in [-0.25, -0.2) is 9.07 Å². The highest BCUT2D eigenvalue weighted by molar-refractivity contribution is 5.64. The van der Waals surface area contributed by atoms with Gasteiger partial charge in [0.05, 0.1) is 22.6 Å². The van der Waals surface area contributed by atoms with Crippen LogP contribution in [0.25, 0.3) is 16.9 Å². The van der Waals surface area contributed by atoms with Crippen LogP contribution in [-0.2, 0) is 4.79 Å². The number of benzene rings is 2. The van der Waals surface area contributed by atoms with Gasteiger partial charge in [-0.1, -0.05) is 23.8 Å².